The minimum absolute atomic E-state index is 0.249. The minimum Gasteiger partial charge on any atom is -0.491 e. The summed E-state index contributed by atoms with van der Waals surface area (Å²) in [5.41, 5.74) is 11.5. The second kappa shape index (κ2) is 11.2. The van der Waals surface area contributed by atoms with Gasteiger partial charge in [0.25, 0.3) is 11.8 Å². The molecule has 1 aromatic heterocycles. The number of rotatable bonds is 9. The molecule has 0 aliphatic rings. The molecule has 0 radical (unpaired) electrons. The standard InChI is InChI=1S/C28H27F3N6O3/c1-28(10-11-32,37(2)26-18-9-5-8-17(25(33)38)23(18)34-14-35-26)15-6-4-7-16(12-15)36-27(39)19-13-20(29)24(40-3)22(31)21(19)30/h4-9,12-14H,10-11,32H2,1-3H3,(H2,33,38)(H,36,39). The van der Waals surface area contributed by atoms with Crippen LogP contribution in [0.4, 0.5) is 24.7 Å². The molecule has 1 atom stereocenters. The van der Waals surface area contributed by atoms with Gasteiger partial charge < -0.3 is 26.4 Å². The van der Waals surface area contributed by atoms with Crippen LogP contribution in [-0.4, -0.2) is 42.5 Å². The van der Waals surface area contributed by atoms with Crippen molar-refractivity contribution >= 4 is 34.2 Å². The van der Waals surface area contributed by atoms with E-state index in [0.717, 1.165) is 7.11 Å². The molecule has 4 rings (SSSR count). The summed E-state index contributed by atoms with van der Waals surface area (Å²) in [5.74, 6) is -6.44. The van der Waals surface area contributed by atoms with Gasteiger partial charge in [-0.3, -0.25) is 9.59 Å². The fourth-order valence-electron chi connectivity index (χ4n) is 4.62. The molecule has 4 aromatic rings. The molecule has 208 valence electrons. The molecule has 0 aliphatic heterocycles. The van der Waals surface area contributed by atoms with E-state index in [9.17, 15) is 22.8 Å². The number of ether oxygens (including phenoxy) is 1. The van der Waals surface area contributed by atoms with Crippen LogP contribution in [-0.2, 0) is 5.54 Å². The molecule has 9 nitrogen and oxygen atoms in total. The van der Waals surface area contributed by atoms with Crippen LogP contribution in [0.1, 0.15) is 39.6 Å². The minimum atomic E-state index is -1.60. The molecule has 1 unspecified atom stereocenters. The van der Waals surface area contributed by atoms with Gasteiger partial charge in [-0.1, -0.05) is 18.2 Å². The average Bonchev–Trinajstić information content (AvgIpc) is 2.94. The predicted molar refractivity (Wildman–Crippen MR) is 145 cm³/mol. The fraction of sp³-hybridized carbons (Fsp3) is 0.214. The van der Waals surface area contributed by atoms with Crippen molar-refractivity contribution in [2.24, 2.45) is 11.5 Å². The number of amides is 2. The molecule has 1 heterocycles. The van der Waals surface area contributed by atoms with E-state index in [1.54, 1.807) is 43.4 Å². The van der Waals surface area contributed by atoms with E-state index in [1.165, 1.54) is 6.33 Å². The lowest BCUT2D eigenvalue weighted by atomic mass is 9.86. The van der Waals surface area contributed by atoms with Crippen LogP contribution in [0.15, 0.2) is 54.9 Å². The number of carbonyl (C=O) groups is 2. The first-order valence-electron chi connectivity index (χ1n) is 12.1. The van der Waals surface area contributed by atoms with Gasteiger partial charge >= 0.3 is 0 Å². The lowest BCUT2D eigenvalue weighted by molar-refractivity contribution is 0.0998. The van der Waals surface area contributed by atoms with Crippen molar-refractivity contribution in [3.63, 3.8) is 0 Å². The fourth-order valence-corrected chi connectivity index (χ4v) is 4.62. The van der Waals surface area contributed by atoms with Crippen molar-refractivity contribution in [3.05, 3.63) is 89.0 Å². The number of halogens is 3. The maximum atomic E-state index is 14.5. The highest BCUT2D eigenvalue weighted by Gasteiger charge is 2.33. The highest BCUT2D eigenvalue weighted by molar-refractivity contribution is 6.07. The maximum Gasteiger partial charge on any atom is 0.258 e. The first-order valence-corrected chi connectivity index (χ1v) is 12.1. The average molecular weight is 553 g/mol. The monoisotopic (exact) mass is 552 g/mol. The Morgan fingerprint density at radius 2 is 1.77 bits per heavy atom. The van der Waals surface area contributed by atoms with E-state index in [2.05, 4.69) is 20.0 Å². The van der Waals surface area contributed by atoms with Crippen molar-refractivity contribution < 1.29 is 27.5 Å². The number of para-hydroxylation sites is 1. The number of primary amides is 1. The Bertz CT molecular complexity index is 1620. The van der Waals surface area contributed by atoms with E-state index < -0.39 is 46.1 Å². The lowest BCUT2D eigenvalue weighted by Gasteiger charge is -2.41. The molecule has 0 spiro atoms. The van der Waals surface area contributed by atoms with Gasteiger partial charge in [0.2, 0.25) is 5.82 Å². The Morgan fingerprint density at radius 1 is 1.05 bits per heavy atom. The summed E-state index contributed by atoms with van der Waals surface area (Å²) in [6, 6.07) is 12.3. The van der Waals surface area contributed by atoms with Crippen LogP contribution in [0.3, 0.4) is 0 Å². The van der Waals surface area contributed by atoms with Crippen molar-refractivity contribution in [2.45, 2.75) is 18.9 Å². The summed E-state index contributed by atoms with van der Waals surface area (Å²) in [5, 5.41) is 3.08. The molecule has 0 saturated carbocycles. The van der Waals surface area contributed by atoms with Gasteiger partial charge in [-0.15, -0.1) is 0 Å². The molecule has 40 heavy (non-hydrogen) atoms. The molecule has 12 heteroatoms. The zero-order valence-electron chi connectivity index (χ0n) is 22.0. The number of nitrogens with one attached hydrogen (secondary N) is 1. The van der Waals surface area contributed by atoms with Crippen molar-refractivity contribution in [2.75, 3.05) is 30.9 Å². The zero-order valence-corrected chi connectivity index (χ0v) is 22.0. The SMILES string of the molecule is COc1c(F)cc(C(=O)Nc2cccc(C(C)(CCN)N(C)c3ncnc4c(C(N)=O)cccc34)c2)c(F)c1F. The quantitative estimate of drug-likeness (QED) is 0.266. The van der Waals surface area contributed by atoms with Crippen LogP contribution in [0.5, 0.6) is 5.75 Å². The van der Waals surface area contributed by atoms with Crippen LogP contribution in [0.2, 0.25) is 0 Å². The number of hydrogen-bond acceptors (Lipinski definition) is 7. The summed E-state index contributed by atoms with van der Waals surface area (Å²) in [6.45, 7) is 2.20. The Morgan fingerprint density at radius 3 is 2.45 bits per heavy atom. The number of methoxy groups -OCH3 is 1. The molecular formula is C28H27F3N6O3. The Balaban J connectivity index is 1.73. The number of hydrogen-bond donors (Lipinski definition) is 3. The first kappa shape index (κ1) is 28.3. The highest BCUT2D eigenvalue weighted by atomic mass is 19.2. The highest BCUT2D eigenvalue weighted by Crippen LogP contribution is 2.37. The van der Waals surface area contributed by atoms with Crippen LogP contribution >= 0.6 is 0 Å². The van der Waals surface area contributed by atoms with Crippen molar-refractivity contribution in [1.82, 2.24) is 9.97 Å². The molecule has 3 aromatic carbocycles. The van der Waals surface area contributed by atoms with E-state index in [1.807, 2.05) is 17.9 Å². The van der Waals surface area contributed by atoms with Crippen LogP contribution < -0.4 is 26.4 Å². The second-order valence-corrected chi connectivity index (χ2v) is 9.24. The number of nitrogens with two attached hydrogens (primary N) is 2. The van der Waals surface area contributed by atoms with Gasteiger partial charge in [0, 0.05) is 18.1 Å². The number of carbonyl (C=O) groups excluding carboxylic acids is 2. The van der Waals surface area contributed by atoms with Crippen LogP contribution in [0, 0.1) is 17.5 Å². The molecule has 0 saturated heterocycles. The summed E-state index contributed by atoms with van der Waals surface area (Å²) < 4.78 is 47.4. The van der Waals surface area contributed by atoms with Gasteiger partial charge in [0.1, 0.15) is 12.1 Å². The Labute approximate surface area is 228 Å². The van der Waals surface area contributed by atoms with E-state index >= 15 is 0 Å². The summed E-state index contributed by atoms with van der Waals surface area (Å²) in [4.78, 5) is 35.4. The predicted octanol–water partition coefficient (Wildman–Crippen LogP) is 4.11. The van der Waals surface area contributed by atoms with Crippen molar-refractivity contribution in [3.8, 4) is 5.75 Å². The van der Waals surface area contributed by atoms with E-state index in [-0.39, 0.29) is 17.8 Å². The molecule has 0 fully saturated rings. The largest absolute Gasteiger partial charge is 0.491 e. The number of fused-ring (bicyclic) bond motifs is 1. The number of anilines is 2. The third-order valence-electron chi connectivity index (χ3n) is 6.91. The lowest BCUT2D eigenvalue weighted by Crippen LogP contribution is -2.43. The topological polar surface area (TPSA) is 136 Å². The third-order valence-corrected chi connectivity index (χ3v) is 6.91. The van der Waals surface area contributed by atoms with E-state index in [0.29, 0.717) is 34.8 Å². The Hall–Kier alpha value is -4.71. The summed E-state index contributed by atoms with van der Waals surface area (Å²) >= 11 is 0. The molecule has 2 amide bonds. The number of nitrogens with zero attached hydrogens (tertiary/aromatic N) is 3. The van der Waals surface area contributed by atoms with Gasteiger partial charge in [-0.2, -0.15) is 4.39 Å². The Kier molecular flexibility index (Phi) is 7.91. The molecule has 0 aliphatic carbocycles. The number of aromatic nitrogens is 2. The van der Waals surface area contributed by atoms with Gasteiger partial charge in [0.15, 0.2) is 17.4 Å². The molecule has 5 N–H and O–H groups in total. The maximum absolute atomic E-state index is 14.5. The molecular weight excluding hydrogens is 525 g/mol. The number of benzene rings is 3. The third kappa shape index (κ3) is 5.00. The zero-order chi connectivity index (χ0) is 29.2. The second-order valence-electron chi connectivity index (χ2n) is 9.24. The van der Waals surface area contributed by atoms with Gasteiger partial charge in [-0.25, -0.2) is 18.7 Å². The van der Waals surface area contributed by atoms with Gasteiger partial charge in [0.05, 0.1) is 29.3 Å². The summed E-state index contributed by atoms with van der Waals surface area (Å²) in [7, 11) is 2.79. The van der Waals surface area contributed by atoms with E-state index in [4.69, 9.17) is 11.5 Å². The summed E-state index contributed by atoms with van der Waals surface area (Å²) in [6.07, 6.45) is 1.77. The normalized spacial score (nSPS) is 12.6. The van der Waals surface area contributed by atoms with Gasteiger partial charge in [-0.05, 0) is 55.8 Å². The smallest absolute Gasteiger partial charge is 0.258 e. The first-order chi connectivity index (χ1) is 19.0. The molecule has 0 bridgehead atoms. The van der Waals surface area contributed by atoms with Crippen LogP contribution in [0.25, 0.3) is 10.9 Å². The van der Waals surface area contributed by atoms with Crippen molar-refractivity contribution in [1.29, 1.82) is 0 Å².